The monoisotopic (exact) mass is 267 g/mol. The maximum atomic E-state index is 11.2. The quantitative estimate of drug-likeness (QED) is 0.837. The third-order valence-electron chi connectivity index (χ3n) is 3.59. The van der Waals surface area contributed by atoms with Crippen molar-refractivity contribution in [3.8, 4) is 0 Å². The van der Waals surface area contributed by atoms with Crippen LogP contribution in [0.4, 0.5) is 5.69 Å². The van der Waals surface area contributed by atoms with Crippen LogP contribution in [0.3, 0.4) is 0 Å². The Bertz CT molecular complexity index is 617. The van der Waals surface area contributed by atoms with Crippen LogP contribution in [0, 0.1) is 0 Å². The first kappa shape index (κ1) is 13.1. The van der Waals surface area contributed by atoms with Crippen LogP contribution in [0.1, 0.15) is 26.3 Å². The third kappa shape index (κ3) is 1.74. The van der Waals surface area contributed by atoms with Crippen LogP contribution >= 0.6 is 0 Å². The fourth-order valence-electron chi connectivity index (χ4n) is 2.41. The van der Waals surface area contributed by atoms with Crippen molar-refractivity contribution in [1.82, 2.24) is 0 Å². The minimum atomic E-state index is -4.16. The van der Waals surface area contributed by atoms with Crippen LogP contribution in [-0.2, 0) is 15.5 Å². The van der Waals surface area contributed by atoms with Gasteiger partial charge in [-0.1, -0.05) is 20.4 Å². The van der Waals surface area contributed by atoms with Crippen LogP contribution in [-0.4, -0.2) is 19.5 Å². The van der Waals surface area contributed by atoms with Crippen molar-refractivity contribution in [3.63, 3.8) is 0 Å². The first-order chi connectivity index (χ1) is 8.19. The average molecular weight is 267 g/mol. The Balaban J connectivity index is 2.69. The van der Waals surface area contributed by atoms with E-state index in [9.17, 15) is 8.42 Å². The minimum Gasteiger partial charge on any atom is -0.345 e. The molecule has 1 heterocycles. The van der Waals surface area contributed by atoms with E-state index in [1.54, 1.807) is 6.07 Å². The minimum absolute atomic E-state index is 0.0694. The molecule has 0 fully saturated rings. The lowest BCUT2D eigenvalue weighted by molar-refractivity contribution is 0.483. The molecule has 0 aromatic heterocycles. The van der Waals surface area contributed by atoms with Gasteiger partial charge in [0.2, 0.25) is 0 Å². The van der Waals surface area contributed by atoms with E-state index in [4.69, 9.17) is 4.55 Å². The second-order valence-electron chi connectivity index (χ2n) is 4.97. The number of rotatable bonds is 2. The van der Waals surface area contributed by atoms with E-state index < -0.39 is 10.1 Å². The summed E-state index contributed by atoms with van der Waals surface area (Å²) in [5, 5.41) is 0. The van der Waals surface area contributed by atoms with Crippen molar-refractivity contribution >= 4 is 15.8 Å². The van der Waals surface area contributed by atoms with E-state index in [1.165, 1.54) is 12.1 Å². The number of likely N-dealkylation sites (N-methyl/N-ethyl adjacent to an activating group) is 1. The predicted octanol–water partition coefficient (Wildman–Crippen LogP) is 2.56. The molecule has 1 aromatic rings. The van der Waals surface area contributed by atoms with Gasteiger partial charge in [0.05, 0.1) is 4.90 Å². The van der Waals surface area contributed by atoms with Crippen molar-refractivity contribution < 1.29 is 13.0 Å². The average Bonchev–Trinajstić information content (AvgIpc) is 2.46. The molecule has 1 aliphatic heterocycles. The molecule has 0 saturated carbocycles. The molecule has 0 saturated heterocycles. The van der Waals surface area contributed by atoms with E-state index in [-0.39, 0.29) is 10.3 Å². The van der Waals surface area contributed by atoms with Crippen molar-refractivity contribution in [2.24, 2.45) is 0 Å². The van der Waals surface area contributed by atoms with Gasteiger partial charge < -0.3 is 4.90 Å². The van der Waals surface area contributed by atoms with Crippen molar-refractivity contribution in [3.05, 3.63) is 36.0 Å². The van der Waals surface area contributed by atoms with Crippen molar-refractivity contribution in [2.45, 2.75) is 31.1 Å². The lowest BCUT2D eigenvalue weighted by atomic mass is 9.84. The molecular formula is C13H17NO3S. The number of nitrogens with zero attached hydrogens (tertiary/aromatic N) is 1. The van der Waals surface area contributed by atoms with E-state index in [0.29, 0.717) is 0 Å². The van der Waals surface area contributed by atoms with Crippen LogP contribution in [0.5, 0.6) is 0 Å². The number of benzene rings is 1. The summed E-state index contributed by atoms with van der Waals surface area (Å²) < 4.78 is 31.5. The van der Waals surface area contributed by atoms with Gasteiger partial charge in [0.25, 0.3) is 10.1 Å². The first-order valence-electron chi connectivity index (χ1n) is 5.78. The molecule has 4 nitrogen and oxygen atoms in total. The molecular weight excluding hydrogens is 250 g/mol. The predicted molar refractivity (Wildman–Crippen MR) is 71.4 cm³/mol. The standard InChI is InChI=1S/C13H17NO3S/c1-5-14-9(2)13(3,4)11-8-10(18(15,16)17)6-7-12(11)14/h6-8H,2,5H2,1,3-4H3,(H,15,16,17). The molecule has 0 amide bonds. The molecule has 1 N–H and O–H groups in total. The summed E-state index contributed by atoms with van der Waals surface area (Å²) in [6, 6.07) is 4.68. The largest absolute Gasteiger partial charge is 0.345 e. The topological polar surface area (TPSA) is 57.6 Å². The maximum absolute atomic E-state index is 11.2. The van der Waals surface area contributed by atoms with Gasteiger partial charge in [-0.3, -0.25) is 4.55 Å². The highest BCUT2D eigenvalue weighted by Crippen LogP contribution is 2.47. The molecule has 98 valence electrons. The smallest absolute Gasteiger partial charge is 0.294 e. The summed E-state index contributed by atoms with van der Waals surface area (Å²) >= 11 is 0. The lowest BCUT2D eigenvalue weighted by Crippen LogP contribution is -2.24. The van der Waals surface area contributed by atoms with Gasteiger partial charge in [-0.25, -0.2) is 0 Å². The van der Waals surface area contributed by atoms with Crippen LogP contribution in [0.15, 0.2) is 35.4 Å². The van der Waals surface area contributed by atoms with Crippen LogP contribution < -0.4 is 4.90 Å². The summed E-state index contributed by atoms with van der Waals surface area (Å²) in [6.45, 7) is 10.9. The Morgan fingerprint density at radius 2 is 2.00 bits per heavy atom. The highest BCUT2D eigenvalue weighted by atomic mass is 32.2. The van der Waals surface area contributed by atoms with Gasteiger partial charge in [0.1, 0.15) is 0 Å². The molecule has 18 heavy (non-hydrogen) atoms. The van der Waals surface area contributed by atoms with Gasteiger partial charge in [0, 0.05) is 23.3 Å². The molecule has 2 rings (SSSR count). The van der Waals surface area contributed by atoms with Crippen molar-refractivity contribution in [1.29, 1.82) is 0 Å². The first-order valence-corrected chi connectivity index (χ1v) is 7.22. The summed E-state index contributed by atoms with van der Waals surface area (Å²) in [5.41, 5.74) is 2.45. The van der Waals surface area contributed by atoms with E-state index in [0.717, 1.165) is 23.5 Å². The number of allylic oxidation sites excluding steroid dienone is 1. The fraction of sp³-hybridized carbons (Fsp3) is 0.385. The fourth-order valence-corrected chi connectivity index (χ4v) is 2.92. The van der Waals surface area contributed by atoms with Gasteiger partial charge in [0.15, 0.2) is 0 Å². The van der Waals surface area contributed by atoms with Crippen molar-refractivity contribution in [2.75, 3.05) is 11.4 Å². The molecule has 5 heteroatoms. The van der Waals surface area contributed by atoms with Gasteiger partial charge in [-0.05, 0) is 30.7 Å². The molecule has 0 aliphatic carbocycles. The summed E-state index contributed by atoms with van der Waals surface area (Å²) in [6.07, 6.45) is 0. The Labute approximate surface area is 108 Å². The maximum Gasteiger partial charge on any atom is 0.294 e. The Hall–Kier alpha value is -1.33. The van der Waals surface area contributed by atoms with E-state index in [2.05, 4.69) is 11.5 Å². The zero-order chi connectivity index (χ0) is 13.7. The molecule has 1 aromatic carbocycles. The molecule has 1 aliphatic rings. The highest BCUT2D eigenvalue weighted by Gasteiger charge is 2.38. The third-order valence-corrected chi connectivity index (χ3v) is 4.44. The summed E-state index contributed by atoms with van der Waals surface area (Å²) in [4.78, 5) is 1.99. The summed E-state index contributed by atoms with van der Waals surface area (Å²) in [7, 11) is -4.16. The summed E-state index contributed by atoms with van der Waals surface area (Å²) in [5.74, 6) is 0. The van der Waals surface area contributed by atoms with E-state index in [1.807, 2.05) is 20.8 Å². The van der Waals surface area contributed by atoms with Crippen LogP contribution in [0.25, 0.3) is 0 Å². The number of hydrogen-bond acceptors (Lipinski definition) is 3. The molecule has 0 bridgehead atoms. The zero-order valence-electron chi connectivity index (χ0n) is 10.8. The van der Waals surface area contributed by atoms with E-state index >= 15 is 0 Å². The second-order valence-corrected chi connectivity index (χ2v) is 6.39. The molecule has 0 atom stereocenters. The normalized spacial score (nSPS) is 18.0. The molecule has 0 radical (unpaired) electrons. The Morgan fingerprint density at radius 1 is 1.39 bits per heavy atom. The second kappa shape index (κ2) is 3.83. The van der Waals surface area contributed by atoms with Gasteiger partial charge in [-0.15, -0.1) is 0 Å². The SMILES string of the molecule is C=C1N(CC)c2ccc(S(=O)(=O)O)cc2C1(C)C. The molecule has 0 unspecified atom stereocenters. The zero-order valence-corrected chi connectivity index (χ0v) is 11.6. The number of fused-ring (bicyclic) bond motifs is 1. The number of hydrogen-bond donors (Lipinski definition) is 1. The Morgan fingerprint density at radius 3 is 2.50 bits per heavy atom. The Kier molecular flexibility index (Phi) is 2.79. The number of anilines is 1. The lowest BCUT2D eigenvalue weighted by Gasteiger charge is -2.24. The highest BCUT2D eigenvalue weighted by molar-refractivity contribution is 7.85. The molecule has 0 spiro atoms. The van der Waals surface area contributed by atoms with Gasteiger partial charge >= 0.3 is 0 Å². The van der Waals surface area contributed by atoms with Crippen LogP contribution in [0.2, 0.25) is 0 Å². The van der Waals surface area contributed by atoms with Gasteiger partial charge in [-0.2, -0.15) is 8.42 Å².